The predicted molar refractivity (Wildman–Crippen MR) is 89.0 cm³/mol. The molecule has 0 spiro atoms. The van der Waals surface area contributed by atoms with Crippen molar-refractivity contribution in [3.8, 4) is 5.75 Å². The van der Waals surface area contributed by atoms with Gasteiger partial charge < -0.3 is 10.5 Å². The molecule has 112 valence electrons. The fourth-order valence-electron chi connectivity index (χ4n) is 2.82. The highest BCUT2D eigenvalue weighted by atomic mass is 16.5. The third-order valence-corrected chi connectivity index (χ3v) is 3.84. The number of nitrogens with two attached hydrogens (primary N) is 1. The van der Waals surface area contributed by atoms with Gasteiger partial charge in [0.05, 0.1) is 6.61 Å². The lowest BCUT2D eigenvalue weighted by molar-refractivity contribution is 0.340. The Morgan fingerprint density at radius 3 is 2.57 bits per heavy atom. The summed E-state index contributed by atoms with van der Waals surface area (Å²) in [5.74, 6) is 1.29. The highest BCUT2D eigenvalue weighted by molar-refractivity contribution is 5.36. The van der Waals surface area contributed by atoms with Gasteiger partial charge in [0.1, 0.15) is 5.75 Å². The molecule has 0 aliphatic rings. The smallest absolute Gasteiger partial charge is 0.119 e. The summed E-state index contributed by atoms with van der Waals surface area (Å²) in [6.07, 6.45) is 0.946. The molecule has 0 aliphatic carbocycles. The van der Waals surface area contributed by atoms with E-state index >= 15 is 0 Å². The molecule has 0 radical (unpaired) electrons. The maximum atomic E-state index is 6.03. The van der Waals surface area contributed by atoms with Crippen LogP contribution in [0, 0.1) is 13.8 Å². The lowest BCUT2D eigenvalue weighted by atomic mass is 9.88. The zero-order valence-electron chi connectivity index (χ0n) is 13.2. The molecule has 0 saturated heterocycles. The molecule has 0 bridgehead atoms. The molecule has 2 rings (SSSR count). The second kappa shape index (κ2) is 7.28. The van der Waals surface area contributed by atoms with Gasteiger partial charge in [-0.25, -0.2) is 0 Å². The summed E-state index contributed by atoms with van der Waals surface area (Å²) in [5, 5.41) is 0. The fourth-order valence-corrected chi connectivity index (χ4v) is 2.82. The third-order valence-electron chi connectivity index (χ3n) is 3.84. The molecule has 0 heterocycles. The van der Waals surface area contributed by atoms with Crippen molar-refractivity contribution >= 4 is 0 Å². The summed E-state index contributed by atoms with van der Waals surface area (Å²) in [6.45, 7) is 7.65. The number of aryl methyl sites for hydroxylation is 2. The molecule has 1 atom stereocenters. The highest BCUT2D eigenvalue weighted by Gasteiger charge is 2.13. The van der Waals surface area contributed by atoms with Crippen molar-refractivity contribution in [1.29, 1.82) is 0 Å². The van der Waals surface area contributed by atoms with Crippen LogP contribution in [0.4, 0.5) is 0 Å². The Balaban J connectivity index is 2.20. The molecule has 21 heavy (non-hydrogen) atoms. The predicted octanol–water partition coefficient (Wildman–Crippen LogP) is 3.99. The van der Waals surface area contributed by atoms with E-state index in [0.29, 0.717) is 19.1 Å². The van der Waals surface area contributed by atoms with E-state index in [0.717, 1.165) is 12.2 Å². The highest BCUT2D eigenvalue weighted by Crippen LogP contribution is 2.25. The maximum Gasteiger partial charge on any atom is 0.119 e. The Morgan fingerprint density at radius 2 is 1.90 bits per heavy atom. The SMILES string of the molecule is CCOc1cccc(CC(CN)c2ccc(C)cc2C)c1. The van der Waals surface area contributed by atoms with Gasteiger partial charge in [-0.1, -0.05) is 35.9 Å². The second-order valence-electron chi connectivity index (χ2n) is 5.58. The van der Waals surface area contributed by atoms with Crippen molar-refractivity contribution in [2.75, 3.05) is 13.2 Å². The van der Waals surface area contributed by atoms with Gasteiger partial charge in [-0.2, -0.15) is 0 Å². The van der Waals surface area contributed by atoms with Crippen LogP contribution in [-0.2, 0) is 6.42 Å². The number of rotatable bonds is 6. The molecule has 0 saturated carbocycles. The maximum absolute atomic E-state index is 6.03. The van der Waals surface area contributed by atoms with Crippen LogP contribution in [0.5, 0.6) is 5.75 Å². The standard InChI is InChI=1S/C19H25NO/c1-4-21-18-7-5-6-16(12-18)11-17(13-20)19-9-8-14(2)10-15(19)3/h5-10,12,17H,4,11,13,20H2,1-3H3. The van der Waals surface area contributed by atoms with Crippen molar-refractivity contribution in [1.82, 2.24) is 0 Å². The first-order chi connectivity index (χ1) is 10.1. The van der Waals surface area contributed by atoms with Gasteiger partial charge in [-0.05, 0) is 62.6 Å². The van der Waals surface area contributed by atoms with Crippen molar-refractivity contribution in [2.24, 2.45) is 5.73 Å². The molecule has 2 nitrogen and oxygen atoms in total. The Labute approximate surface area is 127 Å². The summed E-state index contributed by atoms with van der Waals surface area (Å²) < 4.78 is 5.58. The zero-order chi connectivity index (χ0) is 15.2. The normalized spacial score (nSPS) is 12.2. The first-order valence-electron chi connectivity index (χ1n) is 7.63. The molecule has 0 amide bonds. The molecule has 0 aliphatic heterocycles. The van der Waals surface area contributed by atoms with E-state index in [-0.39, 0.29) is 0 Å². The Hall–Kier alpha value is -1.80. The van der Waals surface area contributed by atoms with Crippen LogP contribution in [-0.4, -0.2) is 13.2 Å². The monoisotopic (exact) mass is 283 g/mol. The average Bonchev–Trinajstić information content (AvgIpc) is 2.46. The Morgan fingerprint density at radius 1 is 1.10 bits per heavy atom. The van der Waals surface area contributed by atoms with Crippen LogP contribution >= 0.6 is 0 Å². The largest absolute Gasteiger partial charge is 0.494 e. The number of benzene rings is 2. The van der Waals surface area contributed by atoms with Gasteiger partial charge in [0, 0.05) is 5.92 Å². The summed E-state index contributed by atoms with van der Waals surface area (Å²) in [4.78, 5) is 0. The lowest BCUT2D eigenvalue weighted by Gasteiger charge is -2.18. The minimum Gasteiger partial charge on any atom is -0.494 e. The molecule has 1 unspecified atom stereocenters. The minimum absolute atomic E-state index is 0.350. The van der Waals surface area contributed by atoms with E-state index in [4.69, 9.17) is 10.5 Å². The minimum atomic E-state index is 0.350. The van der Waals surface area contributed by atoms with Crippen LogP contribution in [0.2, 0.25) is 0 Å². The van der Waals surface area contributed by atoms with Crippen molar-refractivity contribution < 1.29 is 4.74 Å². The van der Waals surface area contributed by atoms with E-state index in [9.17, 15) is 0 Å². The van der Waals surface area contributed by atoms with E-state index in [1.165, 1.54) is 22.3 Å². The molecule has 0 fully saturated rings. The molecule has 2 aromatic rings. The number of ether oxygens (including phenoxy) is 1. The second-order valence-corrected chi connectivity index (χ2v) is 5.58. The van der Waals surface area contributed by atoms with Gasteiger partial charge in [0.2, 0.25) is 0 Å². The van der Waals surface area contributed by atoms with Crippen molar-refractivity contribution in [3.63, 3.8) is 0 Å². The topological polar surface area (TPSA) is 35.2 Å². The van der Waals surface area contributed by atoms with Crippen molar-refractivity contribution in [2.45, 2.75) is 33.1 Å². The van der Waals surface area contributed by atoms with Gasteiger partial charge in [0.15, 0.2) is 0 Å². The summed E-state index contributed by atoms with van der Waals surface area (Å²) in [5.41, 5.74) is 11.3. The van der Waals surface area contributed by atoms with Crippen LogP contribution < -0.4 is 10.5 Å². The van der Waals surface area contributed by atoms with Crippen LogP contribution in [0.15, 0.2) is 42.5 Å². The zero-order valence-corrected chi connectivity index (χ0v) is 13.2. The van der Waals surface area contributed by atoms with E-state index in [1.807, 2.05) is 13.0 Å². The van der Waals surface area contributed by atoms with E-state index in [2.05, 4.69) is 50.2 Å². The molecule has 2 N–H and O–H groups in total. The number of hydrogen-bond acceptors (Lipinski definition) is 2. The molecule has 2 aromatic carbocycles. The molecular formula is C19H25NO. The number of hydrogen-bond donors (Lipinski definition) is 1. The van der Waals surface area contributed by atoms with Crippen LogP contribution in [0.1, 0.15) is 35.1 Å². The average molecular weight is 283 g/mol. The fraction of sp³-hybridized carbons (Fsp3) is 0.368. The van der Waals surface area contributed by atoms with E-state index < -0.39 is 0 Å². The first-order valence-corrected chi connectivity index (χ1v) is 7.63. The van der Waals surface area contributed by atoms with E-state index in [1.54, 1.807) is 0 Å². The molecule has 2 heteroatoms. The quantitative estimate of drug-likeness (QED) is 0.870. The Kier molecular flexibility index (Phi) is 5.40. The summed E-state index contributed by atoms with van der Waals surface area (Å²) in [7, 11) is 0. The first kappa shape index (κ1) is 15.6. The summed E-state index contributed by atoms with van der Waals surface area (Å²) in [6, 6.07) is 14.9. The van der Waals surface area contributed by atoms with Crippen LogP contribution in [0.3, 0.4) is 0 Å². The van der Waals surface area contributed by atoms with Gasteiger partial charge >= 0.3 is 0 Å². The Bertz CT molecular complexity index is 592. The summed E-state index contributed by atoms with van der Waals surface area (Å²) >= 11 is 0. The van der Waals surface area contributed by atoms with Gasteiger partial charge in [-0.3, -0.25) is 0 Å². The van der Waals surface area contributed by atoms with Crippen LogP contribution in [0.25, 0.3) is 0 Å². The molecular weight excluding hydrogens is 258 g/mol. The van der Waals surface area contributed by atoms with Crippen molar-refractivity contribution in [3.05, 3.63) is 64.7 Å². The third kappa shape index (κ3) is 4.08. The lowest BCUT2D eigenvalue weighted by Crippen LogP contribution is -2.16. The van der Waals surface area contributed by atoms with Gasteiger partial charge in [0.25, 0.3) is 0 Å². The van der Waals surface area contributed by atoms with Gasteiger partial charge in [-0.15, -0.1) is 0 Å². The molecule has 0 aromatic heterocycles.